The van der Waals surface area contributed by atoms with E-state index in [-0.39, 0.29) is 5.41 Å². The Morgan fingerprint density at radius 2 is 2.04 bits per heavy atom. The summed E-state index contributed by atoms with van der Waals surface area (Å²) >= 11 is 0. The van der Waals surface area contributed by atoms with Crippen molar-refractivity contribution in [2.24, 2.45) is 11.8 Å². The second-order valence-corrected chi connectivity index (χ2v) is 8.63. The van der Waals surface area contributed by atoms with Crippen LogP contribution >= 0.6 is 0 Å². The summed E-state index contributed by atoms with van der Waals surface area (Å²) in [5, 5.41) is 13.5. The number of nitrogens with one attached hydrogen (secondary N) is 1. The fraction of sp³-hybridized carbons (Fsp3) is 0.727. The molecular weight excluding hydrogens is 308 g/mol. The number of nitrogens with zero attached hydrogens (tertiary/aromatic N) is 1. The van der Waals surface area contributed by atoms with Crippen molar-refractivity contribution in [1.82, 2.24) is 10.2 Å². The molecule has 2 atom stereocenters. The molecule has 25 heavy (non-hydrogen) atoms. The normalized spacial score (nSPS) is 29.0. The second kappa shape index (κ2) is 8.55. The van der Waals surface area contributed by atoms with Crippen LogP contribution in [-0.2, 0) is 5.41 Å². The molecule has 0 spiro atoms. The number of piperidine rings is 1. The highest BCUT2D eigenvalue weighted by atomic mass is 16.3. The number of hydrogen-bond donors (Lipinski definition) is 2. The van der Waals surface area contributed by atoms with E-state index in [9.17, 15) is 5.11 Å². The number of aromatic hydroxyl groups is 1. The molecule has 0 radical (unpaired) electrons. The Bertz CT molecular complexity index is 541. The Morgan fingerprint density at radius 1 is 1.24 bits per heavy atom. The van der Waals surface area contributed by atoms with Gasteiger partial charge in [-0.25, -0.2) is 0 Å². The quantitative estimate of drug-likeness (QED) is 0.761. The minimum atomic E-state index is 0.171. The first-order chi connectivity index (χ1) is 12.1. The predicted molar refractivity (Wildman–Crippen MR) is 105 cm³/mol. The van der Waals surface area contributed by atoms with Crippen LogP contribution in [0.2, 0.25) is 0 Å². The fourth-order valence-electron chi connectivity index (χ4n) is 4.74. The third-order valence-corrected chi connectivity index (χ3v) is 6.84. The van der Waals surface area contributed by atoms with Gasteiger partial charge in [-0.2, -0.15) is 0 Å². The molecule has 1 heterocycles. The zero-order valence-corrected chi connectivity index (χ0v) is 16.1. The molecule has 2 N–H and O–H groups in total. The van der Waals surface area contributed by atoms with E-state index in [0.717, 1.165) is 32.1 Å². The molecule has 2 aliphatic rings. The molecule has 0 amide bonds. The topological polar surface area (TPSA) is 35.5 Å². The Labute approximate surface area is 153 Å². The van der Waals surface area contributed by atoms with Crippen LogP contribution in [0, 0.1) is 11.8 Å². The molecule has 1 saturated heterocycles. The van der Waals surface area contributed by atoms with Crippen LogP contribution in [0.5, 0.6) is 5.75 Å². The average molecular weight is 345 g/mol. The summed E-state index contributed by atoms with van der Waals surface area (Å²) in [6.07, 6.45) is 8.33. The van der Waals surface area contributed by atoms with Crippen LogP contribution in [0.25, 0.3) is 0 Å². The largest absolute Gasteiger partial charge is 0.508 e. The van der Waals surface area contributed by atoms with E-state index in [4.69, 9.17) is 0 Å². The van der Waals surface area contributed by atoms with E-state index in [0.29, 0.717) is 11.7 Å². The first-order valence-corrected chi connectivity index (χ1v) is 10.3. The van der Waals surface area contributed by atoms with Gasteiger partial charge >= 0.3 is 0 Å². The maximum atomic E-state index is 9.83. The van der Waals surface area contributed by atoms with Gasteiger partial charge < -0.3 is 15.3 Å². The summed E-state index contributed by atoms with van der Waals surface area (Å²) in [5.74, 6) is 1.91. The first-order valence-electron chi connectivity index (χ1n) is 10.3. The van der Waals surface area contributed by atoms with E-state index in [1.807, 2.05) is 12.1 Å². The number of phenolic OH excluding ortho intramolecular Hbond substituents is 1. The van der Waals surface area contributed by atoms with Crippen LogP contribution in [0.4, 0.5) is 0 Å². The molecular formula is C22H36N2O. The highest BCUT2D eigenvalue weighted by Crippen LogP contribution is 2.40. The summed E-state index contributed by atoms with van der Waals surface area (Å²) in [6, 6.07) is 7.88. The maximum absolute atomic E-state index is 9.83. The molecule has 140 valence electrons. The molecule has 3 heteroatoms. The lowest BCUT2D eigenvalue weighted by atomic mass is 9.68. The smallest absolute Gasteiger partial charge is 0.115 e. The van der Waals surface area contributed by atoms with Crippen molar-refractivity contribution in [2.45, 2.75) is 57.8 Å². The highest BCUT2D eigenvalue weighted by Gasteiger charge is 2.37. The molecule has 2 fully saturated rings. The van der Waals surface area contributed by atoms with Gasteiger partial charge in [0.15, 0.2) is 0 Å². The number of hydrogen-bond acceptors (Lipinski definition) is 3. The predicted octanol–water partition coefficient (Wildman–Crippen LogP) is 4.16. The van der Waals surface area contributed by atoms with Crippen molar-refractivity contribution in [1.29, 1.82) is 0 Å². The SMILES string of the molecule is CC1CN(CCNCC2CCCCC2)CCC1(C)c1cccc(O)c1. The van der Waals surface area contributed by atoms with Crippen LogP contribution in [0.15, 0.2) is 24.3 Å². The highest BCUT2D eigenvalue weighted by molar-refractivity contribution is 5.33. The number of phenols is 1. The zero-order chi connectivity index (χ0) is 17.7. The summed E-state index contributed by atoms with van der Waals surface area (Å²) in [5.41, 5.74) is 1.46. The van der Waals surface area contributed by atoms with Gasteiger partial charge in [0.1, 0.15) is 5.75 Å². The third-order valence-electron chi connectivity index (χ3n) is 6.84. The molecule has 1 aromatic carbocycles. The van der Waals surface area contributed by atoms with Gasteiger partial charge in [-0.1, -0.05) is 45.2 Å². The Balaban J connectivity index is 1.43. The molecule has 2 unspecified atom stereocenters. The van der Waals surface area contributed by atoms with Crippen LogP contribution in [0.3, 0.4) is 0 Å². The lowest BCUT2D eigenvalue weighted by Gasteiger charge is -2.45. The van der Waals surface area contributed by atoms with E-state index in [1.165, 1.54) is 50.6 Å². The first kappa shape index (κ1) is 18.7. The summed E-state index contributed by atoms with van der Waals surface area (Å²) in [4.78, 5) is 2.61. The summed E-state index contributed by atoms with van der Waals surface area (Å²) in [6.45, 7) is 10.5. The molecule has 1 aliphatic carbocycles. The Hall–Kier alpha value is -1.06. The minimum absolute atomic E-state index is 0.171. The van der Waals surface area contributed by atoms with Crippen molar-refractivity contribution in [2.75, 3.05) is 32.7 Å². The number of rotatable bonds is 6. The molecule has 1 aliphatic heterocycles. The fourth-order valence-corrected chi connectivity index (χ4v) is 4.74. The maximum Gasteiger partial charge on any atom is 0.115 e. The van der Waals surface area contributed by atoms with E-state index in [2.05, 4.69) is 30.1 Å². The van der Waals surface area contributed by atoms with E-state index >= 15 is 0 Å². The van der Waals surface area contributed by atoms with E-state index < -0.39 is 0 Å². The summed E-state index contributed by atoms with van der Waals surface area (Å²) < 4.78 is 0. The zero-order valence-electron chi connectivity index (χ0n) is 16.1. The molecule has 1 saturated carbocycles. The van der Waals surface area contributed by atoms with Crippen LogP contribution in [-0.4, -0.2) is 42.7 Å². The molecule has 3 nitrogen and oxygen atoms in total. The standard InChI is InChI=1S/C22H36N2O/c1-18-17-24(14-12-23-16-19-7-4-3-5-8-19)13-11-22(18,2)20-9-6-10-21(25)15-20/h6,9-10,15,18-19,23,25H,3-5,7-8,11-14,16-17H2,1-2H3. The van der Waals surface area contributed by atoms with Gasteiger partial charge in [-0.05, 0) is 67.3 Å². The van der Waals surface area contributed by atoms with Crippen LogP contribution < -0.4 is 5.32 Å². The molecule has 1 aromatic rings. The minimum Gasteiger partial charge on any atom is -0.508 e. The molecule has 0 bridgehead atoms. The second-order valence-electron chi connectivity index (χ2n) is 8.63. The van der Waals surface area contributed by atoms with E-state index in [1.54, 1.807) is 6.07 Å². The average Bonchev–Trinajstić information content (AvgIpc) is 2.63. The van der Waals surface area contributed by atoms with Gasteiger partial charge in [0, 0.05) is 19.6 Å². The van der Waals surface area contributed by atoms with Gasteiger partial charge in [-0.15, -0.1) is 0 Å². The van der Waals surface area contributed by atoms with Crippen molar-refractivity contribution in [3.05, 3.63) is 29.8 Å². The lowest BCUT2D eigenvalue weighted by molar-refractivity contribution is 0.111. The third kappa shape index (κ3) is 4.77. The number of benzene rings is 1. The Kier molecular flexibility index (Phi) is 6.40. The van der Waals surface area contributed by atoms with Crippen LogP contribution in [0.1, 0.15) is 57.9 Å². The van der Waals surface area contributed by atoms with Gasteiger partial charge in [0.25, 0.3) is 0 Å². The molecule has 0 aromatic heterocycles. The number of likely N-dealkylation sites (tertiary alicyclic amines) is 1. The molecule has 3 rings (SSSR count). The van der Waals surface area contributed by atoms with Crippen molar-refractivity contribution in [3.8, 4) is 5.75 Å². The van der Waals surface area contributed by atoms with Gasteiger partial charge in [0.05, 0.1) is 0 Å². The van der Waals surface area contributed by atoms with Crippen molar-refractivity contribution in [3.63, 3.8) is 0 Å². The Morgan fingerprint density at radius 3 is 2.76 bits per heavy atom. The summed E-state index contributed by atoms with van der Waals surface area (Å²) in [7, 11) is 0. The monoisotopic (exact) mass is 344 g/mol. The van der Waals surface area contributed by atoms with Crippen molar-refractivity contribution >= 4 is 0 Å². The van der Waals surface area contributed by atoms with Crippen molar-refractivity contribution < 1.29 is 5.11 Å². The van der Waals surface area contributed by atoms with Gasteiger partial charge in [0.2, 0.25) is 0 Å². The van der Waals surface area contributed by atoms with Gasteiger partial charge in [-0.3, -0.25) is 0 Å². The lowest BCUT2D eigenvalue weighted by Crippen LogP contribution is -2.49.